The highest BCUT2D eigenvalue weighted by atomic mass is 16.2. The molecule has 1 saturated heterocycles. The van der Waals surface area contributed by atoms with Crippen molar-refractivity contribution < 1.29 is 4.79 Å². The molecular weight excluding hydrogens is 384 g/mol. The number of fused-ring (bicyclic) bond motifs is 2. The Balaban J connectivity index is 1.32. The van der Waals surface area contributed by atoms with Gasteiger partial charge in [0.05, 0.1) is 28.8 Å². The maximum Gasteiger partial charge on any atom is 0.269 e. The van der Waals surface area contributed by atoms with E-state index in [1.165, 1.54) is 17.1 Å². The molecular formula is C20H20N8O2. The van der Waals surface area contributed by atoms with Crippen LogP contribution in [0.15, 0.2) is 47.8 Å². The number of amides is 1. The van der Waals surface area contributed by atoms with Crippen molar-refractivity contribution in [3.05, 3.63) is 53.3 Å². The number of hydrogen-bond acceptors (Lipinski definition) is 7. The van der Waals surface area contributed by atoms with E-state index in [0.717, 1.165) is 16.9 Å². The van der Waals surface area contributed by atoms with Gasteiger partial charge in [0.15, 0.2) is 5.65 Å². The van der Waals surface area contributed by atoms with E-state index in [9.17, 15) is 9.59 Å². The minimum atomic E-state index is -0.277. The number of anilines is 1. The summed E-state index contributed by atoms with van der Waals surface area (Å²) in [4.78, 5) is 42.0. The summed E-state index contributed by atoms with van der Waals surface area (Å²) in [5.74, 6) is 0.749. The predicted octanol–water partition coefficient (Wildman–Crippen LogP) is 0.422. The summed E-state index contributed by atoms with van der Waals surface area (Å²) in [7, 11) is 1.85. The van der Waals surface area contributed by atoms with E-state index in [0.29, 0.717) is 37.2 Å². The van der Waals surface area contributed by atoms with Gasteiger partial charge in [-0.3, -0.25) is 18.8 Å². The smallest absolute Gasteiger partial charge is 0.269 e. The van der Waals surface area contributed by atoms with Crippen molar-refractivity contribution in [2.75, 3.05) is 31.1 Å². The van der Waals surface area contributed by atoms with Crippen molar-refractivity contribution in [1.29, 1.82) is 0 Å². The second kappa shape index (κ2) is 7.21. The summed E-state index contributed by atoms with van der Waals surface area (Å²) in [5, 5.41) is 5.16. The highest BCUT2D eigenvalue weighted by Gasteiger charge is 2.24. The Morgan fingerprint density at radius 3 is 2.67 bits per heavy atom. The van der Waals surface area contributed by atoms with Gasteiger partial charge in [-0.05, 0) is 12.1 Å². The first-order chi connectivity index (χ1) is 14.6. The van der Waals surface area contributed by atoms with Gasteiger partial charge >= 0.3 is 0 Å². The van der Waals surface area contributed by atoms with Crippen LogP contribution >= 0.6 is 0 Å². The Hall–Kier alpha value is -3.82. The van der Waals surface area contributed by atoms with Crippen molar-refractivity contribution in [2.45, 2.75) is 6.54 Å². The van der Waals surface area contributed by atoms with Gasteiger partial charge in [-0.1, -0.05) is 12.1 Å². The van der Waals surface area contributed by atoms with E-state index in [-0.39, 0.29) is 18.0 Å². The molecule has 152 valence electrons. The molecule has 3 aromatic heterocycles. The Kier molecular flexibility index (Phi) is 4.38. The van der Waals surface area contributed by atoms with E-state index in [4.69, 9.17) is 0 Å². The van der Waals surface area contributed by atoms with Crippen LogP contribution in [0.4, 0.5) is 5.82 Å². The first-order valence-corrected chi connectivity index (χ1v) is 9.72. The van der Waals surface area contributed by atoms with Gasteiger partial charge in [0.25, 0.3) is 5.56 Å². The average molecular weight is 404 g/mol. The Bertz CT molecular complexity index is 1300. The van der Waals surface area contributed by atoms with Crippen LogP contribution in [0.25, 0.3) is 22.1 Å². The Labute approximate surface area is 171 Å². The lowest BCUT2D eigenvalue weighted by atomic mass is 10.2. The van der Waals surface area contributed by atoms with Crippen molar-refractivity contribution in [3.63, 3.8) is 0 Å². The molecule has 0 atom stereocenters. The number of piperazine rings is 1. The fourth-order valence-electron chi connectivity index (χ4n) is 3.88. The standard InChI is InChI=1S/C20H20N8O2/c1-25-19-14(10-24-25)20(23-13-22-19)27-8-6-26(7-9-27)18(30)12-28-16-5-3-2-4-15(16)21-11-17(28)29/h2-5,10-11,13H,6-9,12H2,1H3. The number of rotatable bonds is 3. The van der Waals surface area contributed by atoms with Crippen LogP contribution in [0.5, 0.6) is 0 Å². The maximum atomic E-state index is 12.9. The number of aromatic nitrogens is 6. The fourth-order valence-corrected chi connectivity index (χ4v) is 3.88. The zero-order valence-corrected chi connectivity index (χ0v) is 16.5. The number of nitrogens with zero attached hydrogens (tertiary/aromatic N) is 8. The van der Waals surface area contributed by atoms with E-state index in [2.05, 4.69) is 25.0 Å². The van der Waals surface area contributed by atoms with Crippen LogP contribution < -0.4 is 10.5 Å². The van der Waals surface area contributed by atoms with Gasteiger partial charge in [-0.15, -0.1) is 0 Å². The van der Waals surface area contributed by atoms with E-state index in [1.54, 1.807) is 15.8 Å². The third kappa shape index (κ3) is 3.06. The molecule has 4 aromatic rings. The quantitative estimate of drug-likeness (QED) is 0.488. The summed E-state index contributed by atoms with van der Waals surface area (Å²) in [5.41, 5.74) is 1.86. The summed E-state index contributed by atoms with van der Waals surface area (Å²) < 4.78 is 3.21. The van der Waals surface area contributed by atoms with Gasteiger partial charge < -0.3 is 9.80 Å². The van der Waals surface area contributed by atoms with Gasteiger partial charge in [-0.2, -0.15) is 5.10 Å². The van der Waals surface area contributed by atoms with E-state index in [1.807, 2.05) is 31.3 Å². The zero-order valence-electron chi connectivity index (χ0n) is 16.5. The zero-order chi connectivity index (χ0) is 20.7. The largest absolute Gasteiger partial charge is 0.352 e. The molecule has 0 bridgehead atoms. The van der Waals surface area contributed by atoms with Crippen LogP contribution in [0, 0.1) is 0 Å². The minimum absolute atomic E-state index is 0.00221. The molecule has 0 N–H and O–H groups in total. The average Bonchev–Trinajstić information content (AvgIpc) is 3.17. The molecule has 30 heavy (non-hydrogen) atoms. The van der Waals surface area contributed by atoms with Crippen LogP contribution in [-0.4, -0.2) is 66.3 Å². The first kappa shape index (κ1) is 18.2. The van der Waals surface area contributed by atoms with Gasteiger partial charge in [0.2, 0.25) is 5.91 Å². The lowest BCUT2D eigenvalue weighted by Gasteiger charge is -2.35. The van der Waals surface area contributed by atoms with Crippen LogP contribution in [-0.2, 0) is 18.4 Å². The molecule has 4 heterocycles. The normalized spacial score (nSPS) is 14.6. The van der Waals surface area contributed by atoms with E-state index >= 15 is 0 Å². The highest BCUT2D eigenvalue weighted by Crippen LogP contribution is 2.23. The molecule has 1 aromatic carbocycles. The molecule has 10 nitrogen and oxygen atoms in total. The second-order valence-corrected chi connectivity index (χ2v) is 7.24. The molecule has 1 amide bonds. The fraction of sp³-hybridized carbons (Fsp3) is 0.300. The lowest BCUT2D eigenvalue weighted by Crippen LogP contribution is -2.50. The van der Waals surface area contributed by atoms with Crippen molar-refractivity contribution in [3.8, 4) is 0 Å². The predicted molar refractivity (Wildman–Crippen MR) is 111 cm³/mol. The first-order valence-electron chi connectivity index (χ1n) is 9.72. The second-order valence-electron chi connectivity index (χ2n) is 7.24. The molecule has 10 heteroatoms. The molecule has 1 aliphatic rings. The van der Waals surface area contributed by atoms with Crippen molar-refractivity contribution in [1.82, 2.24) is 34.2 Å². The molecule has 1 aliphatic heterocycles. The number of carbonyl (C=O) groups excluding carboxylic acids is 1. The van der Waals surface area contributed by atoms with Gasteiger partial charge in [-0.25, -0.2) is 15.0 Å². The number of para-hydroxylation sites is 2. The molecule has 0 radical (unpaired) electrons. The van der Waals surface area contributed by atoms with Gasteiger partial charge in [0, 0.05) is 33.2 Å². The van der Waals surface area contributed by atoms with Crippen molar-refractivity contribution in [2.24, 2.45) is 7.05 Å². The number of carbonyl (C=O) groups is 1. The topological polar surface area (TPSA) is 102 Å². The molecule has 0 aliphatic carbocycles. The summed E-state index contributed by atoms with van der Waals surface area (Å²) in [6.07, 6.45) is 4.57. The van der Waals surface area contributed by atoms with Crippen LogP contribution in [0.3, 0.4) is 0 Å². The molecule has 0 unspecified atom stereocenters. The van der Waals surface area contributed by atoms with Gasteiger partial charge in [0.1, 0.15) is 18.7 Å². The number of benzene rings is 1. The SMILES string of the molecule is Cn1ncc2c(N3CCN(C(=O)Cn4c(=O)cnc5ccccc54)CC3)ncnc21. The number of aryl methyl sites for hydroxylation is 1. The molecule has 5 rings (SSSR count). The Morgan fingerprint density at radius 1 is 1.03 bits per heavy atom. The summed E-state index contributed by atoms with van der Waals surface area (Å²) in [6, 6.07) is 7.33. The lowest BCUT2D eigenvalue weighted by molar-refractivity contribution is -0.132. The third-order valence-corrected chi connectivity index (χ3v) is 5.49. The molecule has 0 spiro atoms. The van der Waals surface area contributed by atoms with Crippen LogP contribution in [0.1, 0.15) is 0 Å². The molecule has 1 fully saturated rings. The molecule has 0 saturated carbocycles. The summed E-state index contributed by atoms with van der Waals surface area (Å²) >= 11 is 0. The monoisotopic (exact) mass is 404 g/mol. The maximum absolute atomic E-state index is 12.9. The third-order valence-electron chi connectivity index (χ3n) is 5.49. The number of hydrogen-bond donors (Lipinski definition) is 0. The Morgan fingerprint density at radius 2 is 1.83 bits per heavy atom. The minimum Gasteiger partial charge on any atom is -0.352 e. The van der Waals surface area contributed by atoms with Crippen molar-refractivity contribution >= 4 is 33.8 Å². The van der Waals surface area contributed by atoms with Crippen LogP contribution in [0.2, 0.25) is 0 Å². The highest BCUT2D eigenvalue weighted by molar-refractivity contribution is 5.87. The summed E-state index contributed by atoms with van der Waals surface area (Å²) in [6.45, 7) is 2.42. The van der Waals surface area contributed by atoms with E-state index < -0.39 is 0 Å².